The van der Waals surface area contributed by atoms with E-state index in [1.807, 2.05) is 0 Å². The van der Waals surface area contributed by atoms with Gasteiger partial charge in [-0.1, -0.05) is 0 Å². The highest BCUT2D eigenvalue weighted by molar-refractivity contribution is 6.00. The van der Waals surface area contributed by atoms with Crippen LogP contribution in [0.5, 0.6) is 0 Å². The summed E-state index contributed by atoms with van der Waals surface area (Å²) < 4.78 is 26.4. The zero-order chi connectivity index (χ0) is 14.8. The van der Waals surface area contributed by atoms with Gasteiger partial charge in [-0.25, -0.2) is 18.6 Å². The number of carbonyl (C=O) groups is 1. The lowest BCUT2D eigenvalue weighted by Gasteiger charge is -2.08. The monoisotopic (exact) mass is 288 g/mol. The Morgan fingerprint density at radius 3 is 2.81 bits per heavy atom. The predicted octanol–water partition coefficient (Wildman–Crippen LogP) is 3.49. The van der Waals surface area contributed by atoms with Crippen molar-refractivity contribution in [3.8, 4) is 0 Å². The molecule has 3 rings (SSSR count). The van der Waals surface area contributed by atoms with E-state index in [1.165, 1.54) is 6.33 Å². The third kappa shape index (κ3) is 2.81. The molecule has 0 saturated heterocycles. The van der Waals surface area contributed by atoms with Gasteiger partial charge >= 0.3 is 6.03 Å². The molecule has 7 heteroatoms. The van der Waals surface area contributed by atoms with E-state index in [0.717, 1.165) is 29.2 Å². The minimum atomic E-state index is -0.712. The largest absolute Gasteiger partial charge is 0.345 e. The third-order valence-corrected chi connectivity index (χ3v) is 2.85. The quantitative estimate of drug-likeness (QED) is 0.675. The van der Waals surface area contributed by atoms with Crippen molar-refractivity contribution < 1.29 is 13.6 Å². The molecule has 3 aromatic rings. The number of hydrogen-bond acceptors (Lipinski definition) is 2. The van der Waals surface area contributed by atoms with Crippen LogP contribution in [0.3, 0.4) is 0 Å². The van der Waals surface area contributed by atoms with Crippen LogP contribution in [0.1, 0.15) is 0 Å². The molecular weight excluding hydrogens is 278 g/mol. The molecule has 0 unspecified atom stereocenters. The number of nitrogens with one attached hydrogen (secondary N) is 3. The summed E-state index contributed by atoms with van der Waals surface area (Å²) in [7, 11) is 0. The SMILES string of the molecule is O=C(Nc1ccc2nc[nH]c2c1)Nc1cc(F)ccc1F. The lowest BCUT2D eigenvalue weighted by Crippen LogP contribution is -2.20. The molecule has 1 heterocycles. The number of anilines is 2. The van der Waals surface area contributed by atoms with Gasteiger partial charge < -0.3 is 15.6 Å². The predicted molar refractivity (Wildman–Crippen MR) is 75.1 cm³/mol. The maximum atomic E-state index is 13.4. The fourth-order valence-electron chi connectivity index (χ4n) is 1.89. The van der Waals surface area contributed by atoms with Crippen molar-refractivity contribution >= 4 is 28.4 Å². The fourth-order valence-corrected chi connectivity index (χ4v) is 1.89. The zero-order valence-electron chi connectivity index (χ0n) is 10.7. The number of aromatic nitrogens is 2. The van der Waals surface area contributed by atoms with Crippen molar-refractivity contribution in [2.75, 3.05) is 10.6 Å². The molecule has 0 bridgehead atoms. The van der Waals surface area contributed by atoms with E-state index in [9.17, 15) is 13.6 Å². The first-order valence-corrected chi connectivity index (χ1v) is 6.08. The number of H-pyrrole nitrogens is 1. The number of carbonyl (C=O) groups excluding carboxylic acids is 1. The van der Waals surface area contributed by atoms with Crippen LogP contribution in [-0.4, -0.2) is 16.0 Å². The molecule has 0 radical (unpaired) electrons. The number of amides is 2. The number of rotatable bonds is 2. The molecule has 1 aromatic heterocycles. The van der Waals surface area contributed by atoms with Crippen LogP contribution in [0.2, 0.25) is 0 Å². The van der Waals surface area contributed by atoms with Crippen molar-refractivity contribution in [3.63, 3.8) is 0 Å². The Labute approximate surface area is 118 Å². The normalized spacial score (nSPS) is 10.6. The van der Waals surface area contributed by atoms with Gasteiger partial charge in [0.25, 0.3) is 0 Å². The highest BCUT2D eigenvalue weighted by atomic mass is 19.1. The van der Waals surface area contributed by atoms with Crippen molar-refractivity contribution in [2.45, 2.75) is 0 Å². The molecule has 0 aliphatic heterocycles. The summed E-state index contributed by atoms with van der Waals surface area (Å²) in [5, 5.41) is 4.78. The van der Waals surface area contributed by atoms with Gasteiger partial charge in [-0.3, -0.25) is 0 Å². The zero-order valence-corrected chi connectivity index (χ0v) is 10.7. The summed E-state index contributed by atoms with van der Waals surface area (Å²) in [5.41, 5.74) is 1.79. The maximum Gasteiger partial charge on any atom is 0.323 e. The second-order valence-electron chi connectivity index (χ2n) is 4.34. The summed E-state index contributed by atoms with van der Waals surface area (Å²) >= 11 is 0. The van der Waals surface area contributed by atoms with Crippen LogP contribution >= 0.6 is 0 Å². The molecule has 21 heavy (non-hydrogen) atoms. The van der Waals surface area contributed by atoms with Gasteiger partial charge in [0.2, 0.25) is 0 Å². The first-order valence-electron chi connectivity index (χ1n) is 6.08. The second kappa shape index (κ2) is 5.20. The minimum absolute atomic E-state index is 0.227. The Balaban J connectivity index is 1.75. The van der Waals surface area contributed by atoms with Crippen molar-refractivity contribution in [1.29, 1.82) is 0 Å². The van der Waals surface area contributed by atoms with Crippen LogP contribution in [0.25, 0.3) is 11.0 Å². The van der Waals surface area contributed by atoms with Crippen LogP contribution < -0.4 is 10.6 Å². The van der Waals surface area contributed by atoms with Crippen molar-refractivity contribution in [3.05, 3.63) is 54.4 Å². The lowest BCUT2D eigenvalue weighted by atomic mass is 10.3. The van der Waals surface area contributed by atoms with E-state index >= 15 is 0 Å². The standard InChI is InChI=1S/C14H10F2N4O/c15-8-1-3-10(16)12(5-8)20-14(21)19-9-2-4-11-13(6-9)18-7-17-11/h1-7H,(H,17,18)(H2,19,20,21). The lowest BCUT2D eigenvalue weighted by molar-refractivity contribution is 0.262. The summed E-state index contributed by atoms with van der Waals surface area (Å²) in [6.45, 7) is 0. The second-order valence-corrected chi connectivity index (χ2v) is 4.34. The summed E-state index contributed by atoms with van der Waals surface area (Å²) in [4.78, 5) is 18.7. The van der Waals surface area contributed by atoms with Crippen LogP contribution in [0.4, 0.5) is 25.0 Å². The van der Waals surface area contributed by atoms with Gasteiger partial charge in [-0.2, -0.15) is 0 Å². The summed E-state index contributed by atoms with van der Waals surface area (Å²) in [6.07, 6.45) is 1.54. The average Bonchev–Trinajstić information content (AvgIpc) is 2.90. The highest BCUT2D eigenvalue weighted by Crippen LogP contribution is 2.18. The Kier molecular flexibility index (Phi) is 3.23. The number of hydrogen-bond donors (Lipinski definition) is 3. The van der Waals surface area contributed by atoms with E-state index in [2.05, 4.69) is 20.6 Å². The van der Waals surface area contributed by atoms with Crippen LogP contribution in [-0.2, 0) is 0 Å². The number of nitrogens with zero attached hydrogens (tertiary/aromatic N) is 1. The third-order valence-electron chi connectivity index (χ3n) is 2.85. The minimum Gasteiger partial charge on any atom is -0.345 e. The molecule has 3 N–H and O–H groups in total. The number of imidazole rings is 1. The van der Waals surface area contributed by atoms with Gasteiger partial charge in [-0.15, -0.1) is 0 Å². The fraction of sp³-hybridized carbons (Fsp3) is 0. The Hall–Kier alpha value is -2.96. The molecule has 0 fully saturated rings. The highest BCUT2D eigenvalue weighted by Gasteiger charge is 2.09. The molecule has 2 amide bonds. The van der Waals surface area contributed by atoms with E-state index < -0.39 is 17.7 Å². The topological polar surface area (TPSA) is 69.8 Å². The summed E-state index contributed by atoms with van der Waals surface area (Å²) in [6, 6.07) is 7.23. The number of fused-ring (bicyclic) bond motifs is 1. The van der Waals surface area contributed by atoms with Crippen molar-refractivity contribution in [2.24, 2.45) is 0 Å². The van der Waals surface area contributed by atoms with Gasteiger partial charge in [0.05, 0.1) is 23.0 Å². The van der Waals surface area contributed by atoms with E-state index in [1.54, 1.807) is 18.2 Å². The molecule has 106 valence electrons. The Morgan fingerprint density at radius 1 is 1.10 bits per heavy atom. The number of aromatic amines is 1. The molecule has 0 saturated carbocycles. The summed E-state index contributed by atoms with van der Waals surface area (Å²) in [5.74, 6) is -1.35. The average molecular weight is 288 g/mol. The number of urea groups is 1. The molecule has 0 aliphatic rings. The Bertz CT molecular complexity index is 816. The van der Waals surface area contributed by atoms with Crippen LogP contribution in [0.15, 0.2) is 42.7 Å². The molecular formula is C14H10F2N4O. The molecule has 2 aromatic carbocycles. The van der Waals surface area contributed by atoms with Crippen molar-refractivity contribution in [1.82, 2.24) is 9.97 Å². The van der Waals surface area contributed by atoms with E-state index in [-0.39, 0.29) is 5.69 Å². The first kappa shape index (κ1) is 13.0. The molecule has 0 aliphatic carbocycles. The number of benzene rings is 2. The molecule has 5 nitrogen and oxygen atoms in total. The van der Waals surface area contributed by atoms with Gasteiger partial charge in [0, 0.05) is 11.8 Å². The van der Waals surface area contributed by atoms with Gasteiger partial charge in [-0.05, 0) is 30.3 Å². The van der Waals surface area contributed by atoms with E-state index in [4.69, 9.17) is 0 Å². The molecule has 0 atom stereocenters. The maximum absolute atomic E-state index is 13.4. The van der Waals surface area contributed by atoms with Gasteiger partial charge in [0.1, 0.15) is 11.6 Å². The number of halogens is 2. The first-order chi connectivity index (χ1) is 10.1. The molecule has 0 spiro atoms. The van der Waals surface area contributed by atoms with Gasteiger partial charge in [0.15, 0.2) is 0 Å². The van der Waals surface area contributed by atoms with Crippen LogP contribution in [0, 0.1) is 11.6 Å². The van der Waals surface area contributed by atoms with E-state index in [0.29, 0.717) is 5.69 Å². The smallest absolute Gasteiger partial charge is 0.323 e. The Morgan fingerprint density at radius 2 is 1.95 bits per heavy atom.